The predicted molar refractivity (Wildman–Crippen MR) is 133 cm³/mol. The zero-order valence-corrected chi connectivity index (χ0v) is 20.6. The van der Waals surface area contributed by atoms with Crippen LogP contribution in [-0.2, 0) is 4.79 Å². The Bertz CT molecular complexity index is 1300. The smallest absolute Gasteiger partial charge is 0.407 e. The van der Waals surface area contributed by atoms with E-state index >= 15 is 0 Å². The molecule has 2 N–H and O–H groups in total. The van der Waals surface area contributed by atoms with Gasteiger partial charge in [-0.15, -0.1) is 0 Å². The minimum atomic E-state index is -0.893. The topological polar surface area (TPSA) is 122 Å². The van der Waals surface area contributed by atoms with Crippen LogP contribution in [0, 0.1) is 12.8 Å². The fourth-order valence-corrected chi connectivity index (χ4v) is 4.81. The van der Waals surface area contributed by atoms with Crippen LogP contribution in [-0.4, -0.2) is 82.5 Å². The number of carboxylic acid groups (broad SMARTS) is 1. The molecule has 5 rings (SSSR count). The Hall–Kier alpha value is -4.02. The maximum absolute atomic E-state index is 11.7. The second kappa shape index (κ2) is 9.56. The summed E-state index contributed by atoms with van der Waals surface area (Å²) in [5.41, 5.74) is 4.16. The van der Waals surface area contributed by atoms with Gasteiger partial charge in [-0.05, 0) is 26.0 Å². The first-order valence-corrected chi connectivity index (χ1v) is 12.0. The maximum atomic E-state index is 11.7. The van der Waals surface area contributed by atoms with Gasteiger partial charge in [0.2, 0.25) is 11.8 Å². The summed E-state index contributed by atoms with van der Waals surface area (Å²) < 4.78 is 13.8. The van der Waals surface area contributed by atoms with E-state index in [0.717, 1.165) is 22.3 Å². The van der Waals surface area contributed by atoms with Crippen molar-refractivity contribution in [2.45, 2.75) is 26.4 Å². The van der Waals surface area contributed by atoms with Gasteiger partial charge in [-0.1, -0.05) is 6.07 Å². The number of anilines is 1. The molecule has 4 heterocycles. The van der Waals surface area contributed by atoms with Crippen molar-refractivity contribution in [2.75, 3.05) is 44.7 Å². The molecule has 2 aliphatic rings. The summed E-state index contributed by atoms with van der Waals surface area (Å²) in [4.78, 5) is 31.3. The van der Waals surface area contributed by atoms with E-state index in [0.29, 0.717) is 56.5 Å². The van der Waals surface area contributed by atoms with Gasteiger partial charge >= 0.3 is 6.09 Å². The number of aromatic nitrogens is 3. The first-order chi connectivity index (χ1) is 17.3. The van der Waals surface area contributed by atoms with E-state index in [1.54, 1.807) is 17.8 Å². The summed E-state index contributed by atoms with van der Waals surface area (Å²) in [6.07, 6.45) is 2.98. The lowest BCUT2D eigenvalue weighted by Crippen LogP contribution is -2.48. The van der Waals surface area contributed by atoms with Crippen molar-refractivity contribution in [1.29, 1.82) is 0 Å². The van der Waals surface area contributed by atoms with Gasteiger partial charge in [0.1, 0.15) is 17.4 Å². The zero-order chi connectivity index (χ0) is 25.4. The molecular formula is C25H30N6O5. The van der Waals surface area contributed by atoms with Gasteiger partial charge in [-0.25, -0.2) is 14.3 Å². The lowest BCUT2D eigenvalue weighted by atomic mass is 10.0. The summed E-state index contributed by atoms with van der Waals surface area (Å²) >= 11 is 0. The number of amides is 2. The zero-order valence-electron chi connectivity index (χ0n) is 20.6. The highest BCUT2D eigenvalue weighted by Crippen LogP contribution is 2.35. The molecule has 2 saturated heterocycles. The van der Waals surface area contributed by atoms with E-state index in [-0.39, 0.29) is 17.9 Å². The highest BCUT2D eigenvalue weighted by atomic mass is 16.5. The number of nitrogens with one attached hydrogen (secondary N) is 1. The molecule has 2 aliphatic heterocycles. The van der Waals surface area contributed by atoms with E-state index < -0.39 is 6.09 Å². The molecule has 11 nitrogen and oxygen atoms in total. The number of fused-ring (bicyclic) bond motifs is 1. The lowest BCUT2D eigenvalue weighted by molar-refractivity contribution is -0.119. The normalized spacial score (nSPS) is 18.9. The van der Waals surface area contributed by atoms with Crippen molar-refractivity contribution in [3.63, 3.8) is 0 Å². The molecule has 3 aromatic rings. The Morgan fingerprint density at radius 2 is 2.03 bits per heavy atom. The summed E-state index contributed by atoms with van der Waals surface area (Å²) in [7, 11) is 1.62. The predicted octanol–water partition coefficient (Wildman–Crippen LogP) is 2.42. The van der Waals surface area contributed by atoms with Crippen LogP contribution in [0.1, 0.15) is 18.9 Å². The van der Waals surface area contributed by atoms with Crippen LogP contribution < -0.4 is 19.7 Å². The van der Waals surface area contributed by atoms with Crippen LogP contribution in [0.15, 0.2) is 30.6 Å². The Kier molecular flexibility index (Phi) is 6.29. The van der Waals surface area contributed by atoms with Crippen molar-refractivity contribution in [3.8, 4) is 22.9 Å². The number of benzene rings is 1. The Balaban J connectivity index is 1.45. The summed E-state index contributed by atoms with van der Waals surface area (Å²) in [5.74, 6) is 1.27. The number of aryl methyl sites for hydroxylation is 1. The van der Waals surface area contributed by atoms with E-state index in [1.165, 1.54) is 4.90 Å². The number of hydrogen-bond acceptors (Lipinski definition) is 7. The molecule has 1 unspecified atom stereocenters. The minimum Gasteiger partial charge on any atom is -0.495 e. The van der Waals surface area contributed by atoms with Crippen LogP contribution >= 0.6 is 0 Å². The molecule has 1 aromatic carbocycles. The summed E-state index contributed by atoms with van der Waals surface area (Å²) in [6, 6.07) is 5.87. The second-order valence-electron chi connectivity index (χ2n) is 9.29. The van der Waals surface area contributed by atoms with Gasteiger partial charge in [-0.2, -0.15) is 5.10 Å². The Morgan fingerprint density at radius 1 is 1.25 bits per heavy atom. The second-order valence-corrected chi connectivity index (χ2v) is 9.29. The number of methoxy groups -OCH3 is 1. The fraction of sp³-hybridized carbons (Fsp3) is 0.440. The van der Waals surface area contributed by atoms with Crippen LogP contribution in [0.4, 0.5) is 10.5 Å². The molecule has 2 aromatic heterocycles. The summed E-state index contributed by atoms with van der Waals surface area (Å²) in [5, 5.41) is 16.6. The molecule has 0 aliphatic carbocycles. The first-order valence-electron chi connectivity index (χ1n) is 12.0. The van der Waals surface area contributed by atoms with E-state index in [2.05, 4.69) is 15.3 Å². The number of piperazine rings is 1. The van der Waals surface area contributed by atoms with Crippen LogP contribution in [0.5, 0.6) is 11.6 Å². The first kappa shape index (κ1) is 23.7. The van der Waals surface area contributed by atoms with Crippen molar-refractivity contribution in [2.24, 2.45) is 5.92 Å². The van der Waals surface area contributed by atoms with Crippen LogP contribution in [0.3, 0.4) is 0 Å². The van der Waals surface area contributed by atoms with Crippen LogP contribution in [0.2, 0.25) is 0 Å². The Labute approximate surface area is 208 Å². The van der Waals surface area contributed by atoms with E-state index in [1.807, 2.05) is 38.2 Å². The molecule has 11 heteroatoms. The average Bonchev–Trinajstić information content (AvgIpc) is 3.49. The highest BCUT2D eigenvalue weighted by Gasteiger charge is 2.29. The number of nitrogens with zero attached hydrogens (tertiary/aromatic N) is 5. The summed E-state index contributed by atoms with van der Waals surface area (Å²) in [6.45, 7) is 6.58. The molecule has 190 valence electrons. The molecule has 0 bridgehead atoms. The van der Waals surface area contributed by atoms with Crippen molar-refractivity contribution in [1.82, 2.24) is 24.8 Å². The van der Waals surface area contributed by atoms with Crippen LogP contribution in [0.25, 0.3) is 16.8 Å². The number of carbonyl (C=O) groups excluding carboxylic acids is 1. The number of ether oxygens (including phenoxy) is 2. The molecule has 2 atom stereocenters. The number of hydrogen-bond donors (Lipinski definition) is 2. The molecule has 2 fully saturated rings. The molecule has 0 radical (unpaired) electrons. The van der Waals surface area contributed by atoms with E-state index in [9.17, 15) is 14.7 Å². The largest absolute Gasteiger partial charge is 0.495 e. The molecule has 0 spiro atoms. The van der Waals surface area contributed by atoms with Crippen molar-refractivity contribution < 1.29 is 24.2 Å². The Morgan fingerprint density at radius 3 is 2.69 bits per heavy atom. The molecule has 0 saturated carbocycles. The number of rotatable bonds is 6. The van der Waals surface area contributed by atoms with E-state index in [4.69, 9.17) is 14.5 Å². The minimum absolute atomic E-state index is 0.0411. The van der Waals surface area contributed by atoms with Gasteiger partial charge in [-0.3, -0.25) is 4.79 Å². The molecule has 2 amide bonds. The quantitative estimate of drug-likeness (QED) is 0.536. The standard InChI is InChI=1S/C25H30N6O5/c1-15-12-27-31-14-19(28-24(23(15)31)36-16(2)18-11-22(32)26-13-18)17-4-5-20(21(10-17)35-3)29-6-8-30(9-7-29)25(33)34/h4-5,10,12,14,16,18H,6-9,11,13H2,1-3H3,(H,26,32)(H,33,34)/t16-,18?/m1/s1. The van der Waals surface area contributed by atoms with Gasteiger partial charge in [0, 0.05) is 56.2 Å². The molecule has 36 heavy (non-hydrogen) atoms. The van der Waals surface area contributed by atoms with Gasteiger partial charge in [0.15, 0.2) is 0 Å². The SMILES string of the molecule is COc1cc(-c2cn3ncc(C)c3c(O[C@H](C)C3CNC(=O)C3)n2)ccc1N1CCN(C(=O)O)CC1. The van der Waals surface area contributed by atoms with Crippen molar-refractivity contribution in [3.05, 3.63) is 36.2 Å². The van der Waals surface area contributed by atoms with Gasteiger partial charge < -0.3 is 29.7 Å². The third-order valence-electron chi connectivity index (χ3n) is 6.98. The van der Waals surface area contributed by atoms with Gasteiger partial charge in [0.05, 0.1) is 30.9 Å². The van der Waals surface area contributed by atoms with Gasteiger partial charge in [0.25, 0.3) is 0 Å². The number of carbonyl (C=O) groups is 2. The highest BCUT2D eigenvalue weighted by molar-refractivity contribution is 5.78. The fourth-order valence-electron chi connectivity index (χ4n) is 4.81. The maximum Gasteiger partial charge on any atom is 0.407 e. The lowest BCUT2D eigenvalue weighted by Gasteiger charge is -2.35. The third kappa shape index (κ3) is 4.48. The monoisotopic (exact) mass is 494 g/mol. The average molecular weight is 495 g/mol. The molecular weight excluding hydrogens is 464 g/mol. The van der Waals surface area contributed by atoms with Crippen molar-refractivity contribution >= 4 is 23.2 Å². The third-order valence-corrected chi connectivity index (χ3v) is 6.98.